The zero-order valence-electron chi connectivity index (χ0n) is 26.9. The number of para-hydroxylation sites is 4. The molecule has 0 aliphatic heterocycles. The molecule has 0 fully saturated rings. The first-order chi connectivity index (χ1) is 24.2. The number of fused-ring (bicyclic) bond motifs is 8. The number of aromatic nitrogens is 4. The van der Waals surface area contributed by atoms with Gasteiger partial charge in [-0.25, -0.2) is 9.97 Å². The average molecular weight is 627 g/mol. The van der Waals surface area contributed by atoms with E-state index in [1.165, 1.54) is 49.3 Å². The lowest BCUT2D eigenvalue weighted by Gasteiger charge is -2.12. The summed E-state index contributed by atoms with van der Waals surface area (Å²) in [5.41, 5.74) is 12.2. The van der Waals surface area contributed by atoms with E-state index < -0.39 is 0 Å². The number of rotatable bonds is 4. The Morgan fingerprint density at radius 3 is 1.57 bits per heavy atom. The Morgan fingerprint density at radius 2 is 0.898 bits per heavy atom. The van der Waals surface area contributed by atoms with Gasteiger partial charge in [0, 0.05) is 38.2 Å². The first-order valence-corrected chi connectivity index (χ1v) is 16.7. The Kier molecular flexibility index (Phi) is 6.06. The lowest BCUT2D eigenvalue weighted by molar-refractivity contribution is 1.01. The van der Waals surface area contributed by atoms with Gasteiger partial charge in [0.1, 0.15) is 0 Å². The van der Waals surface area contributed by atoms with Crippen LogP contribution >= 0.6 is 0 Å². The topological polar surface area (TPSA) is 35.6 Å². The molecule has 10 aromatic rings. The van der Waals surface area contributed by atoms with Crippen molar-refractivity contribution in [3.8, 4) is 34.0 Å². The first-order valence-electron chi connectivity index (χ1n) is 16.7. The van der Waals surface area contributed by atoms with Crippen molar-refractivity contribution in [2.45, 2.75) is 6.92 Å². The average Bonchev–Trinajstić information content (AvgIpc) is 3.68. The molecule has 0 unspecified atom stereocenters. The molecule has 49 heavy (non-hydrogen) atoms. The number of hydrogen-bond donors (Lipinski definition) is 0. The van der Waals surface area contributed by atoms with Crippen LogP contribution in [0.3, 0.4) is 0 Å². The summed E-state index contributed by atoms with van der Waals surface area (Å²) >= 11 is 0. The monoisotopic (exact) mass is 626 g/mol. The van der Waals surface area contributed by atoms with Crippen LogP contribution in [0, 0.1) is 6.92 Å². The van der Waals surface area contributed by atoms with Crippen LogP contribution in [-0.4, -0.2) is 19.1 Å². The van der Waals surface area contributed by atoms with Crippen LogP contribution in [0.5, 0.6) is 0 Å². The molecular weight excluding hydrogens is 597 g/mol. The summed E-state index contributed by atoms with van der Waals surface area (Å²) in [5, 5.41) is 5.88. The van der Waals surface area contributed by atoms with Gasteiger partial charge in [0.25, 0.3) is 0 Å². The van der Waals surface area contributed by atoms with Crippen molar-refractivity contribution in [3.63, 3.8) is 0 Å². The van der Waals surface area contributed by atoms with Crippen LogP contribution < -0.4 is 0 Å². The van der Waals surface area contributed by atoms with Crippen molar-refractivity contribution in [2.75, 3.05) is 0 Å². The predicted molar refractivity (Wildman–Crippen MR) is 204 cm³/mol. The molecule has 230 valence electrons. The van der Waals surface area contributed by atoms with Crippen LogP contribution in [-0.2, 0) is 0 Å². The molecule has 0 N–H and O–H groups in total. The molecule has 7 aromatic carbocycles. The second-order valence-corrected chi connectivity index (χ2v) is 12.7. The second kappa shape index (κ2) is 10.8. The molecule has 0 aliphatic carbocycles. The minimum absolute atomic E-state index is 0.661. The van der Waals surface area contributed by atoms with Gasteiger partial charge in [-0.15, -0.1) is 0 Å². The fourth-order valence-electron chi connectivity index (χ4n) is 7.54. The number of benzene rings is 7. The summed E-state index contributed by atoms with van der Waals surface area (Å²) in [4.78, 5) is 10.6. The van der Waals surface area contributed by atoms with Crippen LogP contribution in [0.25, 0.3) is 88.5 Å². The summed E-state index contributed by atoms with van der Waals surface area (Å²) in [6.07, 6.45) is 0. The van der Waals surface area contributed by atoms with Crippen molar-refractivity contribution < 1.29 is 0 Å². The lowest BCUT2D eigenvalue weighted by Crippen LogP contribution is -2.03. The number of hydrogen-bond acceptors (Lipinski definition) is 2. The molecule has 0 saturated heterocycles. The molecule has 0 aliphatic rings. The van der Waals surface area contributed by atoms with E-state index in [-0.39, 0.29) is 0 Å². The number of aryl methyl sites for hydroxylation is 1. The van der Waals surface area contributed by atoms with E-state index in [0.29, 0.717) is 5.95 Å². The first kappa shape index (κ1) is 27.6. The highest BCUT2D eigenvalue weighted by Gasteiger charge is 2.22. The quantitative estimate of drug-likeness (QED) is 0.195. The van der Waals surface area contributed by atoms with Crippen LogP contribution in [0.1, 0.15) is 5.56 Å². The van der Waals surface area contributed by atoms with Gasteiger partial charge in [0.15, 0.2) is 0 Å². The van der Waals surface area contributed by atoms with E-state index in [0.717, 1.165) is 38.9 Å². The SMILES string of the molecule is Cc1ccc(-c2ccc(-c3nc(-n4c5ccccc5c5c6c7ccccc7n(-c7ccccc7)c6ccc54)nc4ccccc34)cc2)cc1. The van der Waals surface area contributed by atoms with Crippen molar-refractivity contribution in [1.29, 1.82) is 0 Å². The summed E-state index contributed by atoms with van der Waals surface area (Å²) < 4.78 is 4.62. The third-order valence-corrected chi connectivity index (χ3v) is 9.82. The molecule has 0 atom stereocenters. The van der Waals surface area contributed by atoms with E-state index in [9.17, 15) is 0 Å². The van der Waals surface area contributed by atoms with Crippen LogP contribution in [0.2, 0.25) is 0 Å². The van der Waals surface area contributed by atoms with E-state index in [1.54, 1.807) is 0 Å². The van der Waals surface area contributed by atoms with Gasteiger partial charge < -0.3 is 4.57 Å². The third kappa shape index (κ3) is 4.24. The Labute approximate surface area is 283 Å². The van der Waals surface area contributed by atoms with Gasteiger partial charge in [-0.05, 0) is 60.5 Å². The molecule has 0 amide bonds. The van der Waals surface area contributed by atoms with Gasteiger partial charge in [-0.2, -0.15) is 0 Å². The van der Waals surface area contributed by atoms with Crippen molar-refractivity contribution in [3.05, 3.63) is 169 Å². The Morgan fingerprint density at radius 1 is 0.388 bits per heavy atom. The van der Waals surface area contributed by atoms with E-state index in [4.69, 9.17) is 9.97 Å². The van der Waals surface area contributed by atoms with Gasteiger partial charge >= 0.3 is 0 Å². The van der Waals surface area contributed by atoms with Gasteiger partial charge in [-0.1, -0.05) is 127 Å². The normalized spacial score (nSPS) is 11.8. The lowest BCUT2D eigenvalue weighted by atomic mass is 10.0. The molecule has 3 heterocycles. The second-order valence-electron chi connectivity index (χ2n) is 12.7. The zero-order valence-corrected chi connectivity index (χ0v) is 26.9. The Bertz CT molecular complexity index is 2860. The maximum absolute atomic E-state index is 5.37. The summed E-state index contributed by atoms with van der Waals surface area (Å²) in [6, 6.07) is 58.2. The maximum Gasteiger partial charge on any atom is 0.235 e. The highest BCUT2D eigenvalue weighted by atomic mass is 15.2. The zero-order chi connectivity index (χ0) is 32.5. The molecule has 3 aromatic heterocycles. The van der Waals surface area contributed by atoms with Crippen molar-refractivity contribution in [2.24, 2.45) is 0 Å². The summed E-state index contributed by atoms with van der Waals surface area (Å²) in [5.74, 6) is 0.661. The maximum atomic E-state index is 5.37. The molecule has 0 spiro atoms. The summed E-state index contributed by atoms with van der Waals surface area (Å²) in [7, 11) is 0. The highest BCUT2D eigenvalue weighted by molar-refractivity contribution is 6.28. The standard InChI is InChI=1S/C45H30N4/c1-29-19-21-30(22-20-29)31-23-25-32(26-24-31)44-34-13-5-8-16-37(34)46-45(47-44)49-39-18-10-7-15-36(39)43-41(49)28-27-40-42(43)35-14-6-9-17-38(35)48(40)33-11-3-2-4-12-33/h2-28H,1H3. The minimum atomic E-state index is 0.661. The molecule has 0 bridgehead atoms. The van der Waals surface area contributed by atoms with E-state index in [1.807, 2.05) is 0 Å². The van der Waals surface area contributed by atoms with Crippen LogP contribution in [0.15, 0.2) is 164 Å². The van der Waals surface area contributed by atoms with E-state index >= 15 is 0 Å². The van der Waals surface area contributed by atoms with Crippen molar-refractivity contribution >= 4 is 54.5 Å². The van der Waals surface area contributed by atoms with Gasteiger partial charge in [0.05, 0.1) is 33.3 Å². The van der Waals surface area contributed by atoms with Gasteiger partial charge in [-0.3, -0.25) is 4.57 Å². The third-order valence-electron chi connectivity index (χ3n) is 9.82. The number of nitrogens with zero attached hydrogens (tertiary/aromatic N) is 4. The fourth-order valence-corrected chi connectivity index (χ4v) is 7.54. The van der Waals surface area contributed by atoms with E-state index in [2.05, 4.69) is 180 Å². The largest absolute Gasteiger partial charge is 0.309 e. The molecule has 4 nitrogen and oxygen atoms in total. The smallest absolute Gasteiger partial charge is 0.235 e. The van der Waals surface area contributed by atoms with Crippen LogP contribution in [0.4, 0.5) is 0 Å². The Hall–Kier alpha value is -6.52. The molecular formula is C45H30N4. The predicted octanol–water partition coefficient (Wildman–Crippen LogP) is 11.5. The molecule has 0 radical (unpaired) electrons. The molecule has 0 saturated carbocycles. The fraction of sp³-hybridized carbons (Fsp3) is 0.0222. The highest BCUT2D eigenvalue weighted by Crippen LogP contribution is 2.42. The molecule has 4 heteroatoms. The Balaban J connectivity index is 1.24. The molecule has 10 rings (SSSR count). The van der Waals surface area contributed by atoms with Gasteiger partial charge in [0.2, 0.25) is 5.95 Å². The summed E-state index contributed by atoms with van der Waals surface area (Å²) in [6.45, 7) is 2.12. The van der Waals surface area contributed by atoms with Crippen molar-refractivity contribution in [1.82, 2.24) is 19.1 Å². The minimum Gasteiger partial charge on any atom is -0.309 e.